The molecule has 2 aromatic carbocycles. The molecule has 0 aliphatic carbocycles. The van der Waals surface area contributed by atoms with Crippen molar-refractivity contribution in [3.05, 3.63) is 76.7 Å². The second-order valence-electron chi connectivity index (χ2n) is 11.0. The maximum atomic E-state index is 13.3. The van der Waals surface area contributed by atoms with Gasteiger partial charge in [-0.3, -0.25) is 14.9 Å². The summed E-state index contributed by atoms with van der Waals surface area (Å²) < 4.78 is 9.92. The number of aromatic amines is 1. The molecule has 1 aliphatic heterocycles. The van der Waals surface area contributed by atoms with Crippen LogP contribution in [0.25, 0.3) is 11.3 Å². The van der Waals surface area contributed by atoms with E-state index < -0.39 is 23.8 Å². The summed E-state index contributed by atoms with van der Waals surface area (Å²) in [5.41, 5.74) is 2.31. The summed E-state index contributed by atoms with van der Waals surface area (Å²) in [7, 11) is 1.25. The number of alkyl carbamates (subject to hydrolysis) is 1. The molecule has 13 heteroatoms. The Labute approximate surface area is 259 Å². The van der Waals surface area contributed by atoms with Crippen molar-refractivity contribution in [2.24, 2.45) is 0 Å². The minimum atomic E-state index is -0.656. The Balaban J connectivity index is 1.55. The van der Waals surface area contributed by atoms with Gasteiger partial charge in [0.1, 0.15) is 22.3 Å². The van der Waals surface area contributed by atoms with E-state index in [0.717, 1.165) is 5.56 Å². The molecule has 4 rings (SSSR count). The Morgan fingerprint density at radius 3 is 2.52 bits per heavy atom. The number of carbonyl (C=O) groups is 4. The van der Waals surface area contributed by atoms with Crippen LogP contribution in [0.5, 0.6) is 0 Å². The molecule has 0 fully saturated rings. The Morgan fingerprint density at radius 2 is 1.82 bits per heavy atom. The van der Waals surface area contributed by atoms with Crippen LogP contribution in [0.3, 0.4) is 0 Å². The highest BCUT2D eigenvalue weighted by atomic mass is 35.5. The van der Waals surface area contributed by atoms with Crippen molar-refractivity contribution in [3.8, 4) is 11.3 Å². The average Bonchev–Trinajstić information content (AvgIpc) is 3.35. The molecule has 44 heavy (non-hydrogen) atoms. The predicted octanol–water partition coefficient (Wildman–Crippen LogP) is 6.08. The zero-order valence-corrected chi connectivity index (χ0v) is 25.6. The van der Waals surface area contributed by atoms with Gasteiger partial charge < -0.3 is 30.4 Å². The van der Waals surface area contributed by atoms with E-state index in [1.807, 2.05) is 12.2 Å². The molecule has 3 aromatic rings. The minimum absolute atomic E-state index is 0.214. The van der Waals surface area contributed by atoms with Gasteiger partial charge in [-0.15, -0.1) is 0 Å². The van der Waals surface area contributed by atoms with Crippen LogP contribution in [-0.4, -0.2) is 46.7 Å². The Bertz CT molecular complexity index is 1560. The Hall–Kier alpha value is -4.84. The smallest absolute Gasteiger partial charge is 0.411 e. The summed E-state index contributed by atoms with van der Waals surface area (Å²) in [6.07, 6.45) is 3.65. The van der Waals surface area contributed by atoms with Crippen molar-refractivity contribution in [1.82, 2.24) is 20.6 Å². The fourth-order valence-corrected chi connectivity index (χ4v) is 4.57. The molecule has 0 spiro atoms. The number of hydrogen-bond acceptors (Lipinski definition) is 7. The number of methoxy groups -OCH3 is 1. The van der Waals surface area contributed by atoms with Crippen LogP contribution >= 0.6 is 11.6 Å². The molecule has 0 unspecified atom stereocenters. The summed E-state index contributed by atoms with van der Waals surface area (Å²) in [6.45, 7) is 5.61. The Morgan fingerprint density at radius 1 is 1.07 bits per heavy atom. The van der Waals surface area contributed by atoms with Gasteiger partial charge in [-0.25, -0.2) is 14.6 Å². The first-order valence-corrected chi connectivity index (χ1v) is 14.4. The molecule has 12 nitrogen and oxygen atoms in total. The van der Waals surface area contributed by atoms with Crippen molar-refractivity contribution in [1.29, 1.82) is 0 Å². The molecule has 0 saturated heterocycles. The van der Waals surface area contributed by atoms with Crippen molar-refractivity contribution in [2.45, 2.75) is 58.2 Å². The first kappa shape index (κ1) is 32.1. The average molecular weight is 623 g/mol. The minimum Gasteiger partial charge on any atom is -0.453 e. The summed E-state index contributed by atoms with van der Waals surface area (Å²) in [5.74, 6) is -0.134. The highest BCUT2D eigenvalue weighted by Crippen LogP contribution is 2.35. The summed E-state index contributed by atoms with van der Waals surface area (Å²) in [6, 6.07) is 11.2. The van der Waals surface area contributed by atoms with E-state index in [4.69, 9.17) is 21.3 Å². The lowest BCUT2D eigenvalue weighted by Crippen LogP contribution is -2.32. The lowest BCUT2D eigenvalue weighted by Gasteiger charge is -2.19. The molecule has 2 bridgehead atoms. The molecule has 1 aliphatic rings. The van der Waals surface area contributed by atoms with Gasteiger partial charge in [-0.1, -0.05) is 35.9 Å². The highest BCUT2D eigenvalue weighted by molar-refractivity contribution is 6.32. The fourth-order valence-electron chi connectivity index (χ4n) is 4.33. The predicted molar refractivity (Wildman–Crippen MR) is 166 cm³/mol. The summed E-state index contributed by atoms with van der Waals surface area (Å²) in [4.78, 5) is 57.4. The zero-order chi connectivity index (χ0) is 31.9. The van der Waals surface area contributed by atoms with Crippen LogP contribution in [-0.2, 0) is 20.8 Å². The van der Waals surface area contributed by atoms with Crippen LogP contribution in [0.2, 0.25) is 5.15 Å². The number of H-pyrrole nitrogens is 1. The normalized spacial score (nSPS) is 15.7. The number of nitrogens with zero attached hydrogens (tertiary/aromatic N) is 1. The van der Waals surface area contributed by atoms with Gasteiger partial charge in [0.15, 0.2) is 0 Å². The maximum Gasteiger partial charge on any atom is 0.411 e. The molecule has 0 radical (unpaired) electrons. The molecule has 2 heterocycles. The lowest BCUT2D eigenvalue weighted by molar-refractivity contribution is -0.116. The number of halogens is 1. The van der Waals surface area contributed by atoms with E-state index in [0.29, 0.717) is 46.9 Å². The number of benzene rings is 2. The largest absolute Gasteiger partial charge is 0.453 e. The number of hydrogen-bond donors (Lipinski definition) is 5. The van der Waals surface area contributed by atoms with Gasteiger partial charge in [0.2, 0.25) is 5.91 Å². The number of imidazole rings is 1. The number of allylic oxidation sites excluding steroid dienone is 1. The van der Waals surface area contributed by atoms with Gasteiger partial charge in [-0.2, -0.15) is 0 Å². The van der Waals surface area contributed by atoms with E-state index >= 15 is 0 Å². The van der Waals surface area contributed by atoms with Crippen molar-refractivity contribution < 1.29 is 28.7 Å². The molecular formula is C31H35ClN6O6. The van der Waals surface area contributed by atoms with Gasteiger partial charge >= 0.3 is 12.2 Å². The lowest BCUT2D eigenvalue weighted by atomic mass is 10.1. The Kier molecular flexibility index (Phi) is 10.3. The second-order valence-corrected chi connectivity index (χ2v) is 11.4. The SMILES string of the molecule is COC(=O)Nc1ccc2c(c1)NC(=O)CC/C=C\C[C@H](NC(=O)c1ccc(CNC(=O)OC(C)(C)C)cc1)c1nc-2c(Cl)[nH]1. The number of fused-ring (bicyclic) bond motifs is 4. The summed E-state index contributed by atoms with van der Waals surface area (Å²) >= 11 is 6.59. The van der Waals surface area contributed by atoms with Crippen molar-refractivity contribution in [2.75, 3.05) is 17.7 Å². The number of carbonyl (C=O) groups excluding carboxylic acids is 4. The third-order valence-electron chi connectivity index (χ3n) is 6.42. The number of anilines is 2. The van der Waals surface area contributed by atoms with Crippen molar-refractivity contribution in [3.63, 3.8) is 0 Å². The number of amides is 4. The third-order valence-corrected chi connectivity index (χ3v) is 6.70. The molecule has 1 atom stereocenters. The van der Waals surface area contributed by atoms with Crippen LogP contribution < -0.4 is 21.3 Å². The van der Waals surface area contributed by atoms with E-state index in [2.05, 4.69) is 31.0 Å². The molecule has 232 valence electrons. The topological polar surface area (TPSA) is 164 Å². The molecule has 4 amide bonds. The molecule has 1 aromatic heterocycles. The van der Waals surface area contributed by atoms with E-state index in [-0.39, 0.29) is 29.9 Å². The first-order chi connectivity index (χ1) is 20.9. The number of nitrogens with one attached hydrogen (secondary N) is 5. The van der Waals surface area contributed by atoms with E-state index in [1.54, 1.807) is 63.2 Å². The van der Waals surface area contributed by atoms with Crippen LogP contribution in [0, 0.1) is 0 Å². The van der Waals surface area contributed by atoms with Crippen molar-refractivity contribution >= 4 is 47.0 Å². The molecule has 5 N–H and O–H groups in total. The van der Waals surface area contributed by atoms with Gasteiger partial charge in [-0.05, 0) is 69.5 Å². The van der Waals surface area contributed by atoms with E-state index in [1.165, 1.54) is 7.11 Å². The monoisotopic (exact) mass is 622 g/mol. The second kappa shape index (κ2) is 14.1. The molecular weight excluding hydrogens is 588 g/mol. The quantitative estimate of drug-likeness (QED) is 0.215. The van der Waals surface area contributed by atoms with Gasteiger partial charge in [0.25, 0.3) is 5.91 Å². The third kappa shape index (κ3) is 8.83. The number of ether oxygens (including phenoxy) is 2. The van der Waals surface area contributed by atoms with Gasteiger partial charge in [0.05, 0.1) is 18.8 Å². The summed E-state index contributed by atoms with van der Waals surface area (Å²) in [5, 5.41) is 11.4. The van der Waals surface area contributed by atoms with Gasteiger partial charge in [0, 0.05) is 29.8 Å². The maximum absolute atomic E-state index is 13.3. The molecule has 0 saturated carbocycles. The van der Waals surface area contributed by atoms with Crippen LogP contribution in [0.15, 0.2) is 54.6 Å². The standard InChI is InChI=1S/C31H35ClN6O6/c1-31(2,3)44-29(41)33-17-18-10-12-19(13-11-18)28(40)36-22-8-6-5-7-9-24(39)35-23-16-20(34-30(42)43-4)14-15-21(23)25-26(32)38-27(22)37-25/h5-6,10-16,22H,7-9,17H2,1-4H3,(H,33,41)(H,34,42)(H,35,39)(H,36,40)(H,37,38)/b6-5-/t22-/m0/s1. The van der Waals surface area contributed by atoms with Crippen LogP contribution in [0.4, 0.5) is 21.0 Å². The first-order valence-electron chi connectivity index (χ1n) is 14.0. The fraction of sp³-hybridized carbons (Fsp3) is 0.323. The number of rotatable bonds is 5. The van der Waals surface area contributed by atoms with Crippen LogP contribution in [0.1, 0.15) is 67.8 Å². The highest BCUT2D eigenvalue weighted by Gasteiger charge is 2.23. The number of aromatic nitrogens is 2. The zero-order valence-electron chi connectivity index (χ0n) is 24.9. The van der Waals surface area contributed by atoms with E-state index in [9.17, 15) is 19.2 Å².